The molecule has 0 aliphatic carbocycles. The summed E-state index contributed by atoms with van der Waals surface area (Å²) >= 11 is 1.14. The monoisotopic (exact) mass is 477 g/mol. The number of likely N-dealkylation sites (tertiary alicyclic amines) is 1. The average Bonchev–Trinajstić information content (AvgIpc) is 3.32. The van der Waals surface area contributed by atoms with Crippen molar-refractivity contribution in [1.82, 2.24) is 4.90 Å². The maximum Gasteiger partial charge on any atom is 0.262 e. The van der Waals surface area contributed by atoms with Crippen molar-refractivity contribution in [1.29, 1.82) is 0 Å². The molecule has 170 valence electrons. The summed E-state index contributed by atoms with van der Waals surface area (Å²) in [5.41, 5.74) is 0.574. The number of carbonyl (C=O) groups is 2. The third-order valence-corrected chi connectivity index (χ3v) is 7.92. The Hall–Kier alpha value is -2.92. The standard InChI is InChI=1S/C21H23N3O6S2/c1-29-13-5-7-17(30-2)15(11-13)23-32(27,28)14-6-8-18-16(12-14)22-20(25)19(31-18)21(26)24-9-3-4-10-24/h5-8,11-12,19,23H,3-4,9-10H2,1-2H3,(H,22,25)/t19-/m1/s1. The minimum atomic E-state index is -3.99. The van der Waals surface area contributed by atoms with Crippen LogP contribution in [0.5, 0.6) is 11.5 Å². The molecule has 0 saturated carbocycles. The van der Waals surface area contributed by atoms with E-state index in [1.807, 2.05) is 0 Å². The summed E-state index contributed by atoms with van der Waals surface area (Å²) in [6.07, 6.45) is 1.88. The first-order valence-electron chi connectivity index (χ1n) is 9.97. The SMILES string of the molecule is COc1ccc(OC)c(NS(=O)(=O)c2ccc3c(c2)NC(=O)[C@H](C(=O)N2CCCC2)S3)c1. The highest BCUT2D eigenvalue weighted by molar-refractivity contribution is 8.01. The quantitative estimate of drug-likeness (QED) is 0.615. The number of hydrogen-bond donors (Lipinski definition) is 2. The number of nitrogens with zero attached hydrogens (tertiary/aromatic N) is 1. The number of hydrogen-bond acceptors (Lipinski definition) is 7. The molecular formula is C21H23N3O6S2. The molecule has 11 heteroatoms. The first kappa shape index (κ1) is 22.3. The summed E-state index contributed by atoms with van der Waals surface area (Å²) in [5.74, 6) is 0.140. The predicted molar refractivity (Wildman–Crippen MR) is 121 cm³/mol. The van der Waals surface area contributed by atoms with Crippen LogP contribution in [0.2, 0.25) is 0 Å². The summed E-state index contributed by atoms with van der Waals surface area (Å²) in [6, 6.07) is 9.18. The normalized spacial score (nSPS) is 18.0. The maximum absolute atomic E-state index is 13.0. The van der Waals surface area contributed by atoms with E-state index >= 15 is 0 Å². The molecule has 1 fully saturated rings. The summed E-state index contributed by atoms with van der Waals surface area (Å²) in [4.78, 5) is 27.6. The van der Waals surface area contributed by atoms with Gasteiger partial charge in [-0.2, -0.15) is 0 Å². The Balaban J connectivity index is 1.57. The lowest BCUT2D eigenvalue weighted by Gasteiger charge is -2.27. The summed E-state index contributed by atoms with van der Waals surface area (Å²) in [6.45, 7) is 1.32. The van der Waals surface area contributed by atoms with Crippen molar-refractivity contribution >= 4 is 45.0 Å². The highest BCUT2D eigenvalue weighted by Crippen LogP contribution is 2.39. The van der Waals surface area contributed by atoms with Crippen LogP contribution in [0.4, 0.5) is 11.4 Å². The fourth-order valence-electron chi connectivity index (χ4n) is 3.62. The zero-order valence-corrected chi connectivity index (χ0v) is 19.2. The maximum atomic E-state index is 13.0. The number of anilines is 2. The van der Waals surface area contributed by atoms with Gasteiger partial charge in [0.05, 0.1) is 30.5 Å². The van der Waals surface area contributed by atoms with Gasteiger partial charge in [0, 0.05) is 24.1 Å². The summed E-state index contributed by atoms with van der Waals surface area (Å²) < 4.78 is 38.9. The number of nitrogens with one attached hydrogen (secondary N) is 2. The van der Waals surface area contributed by atoms with Gasteiger partial charge in [-0.25, -0.2) is 8.42 Å². The molecule has 2 aliphatic heterocycles. The highest BCUT2D eigenvalue weighted by Gasteiger charge is 2.37. The molecule has 2 aromatic rings. The average molecular weight is 478 g/mol. The van der Waals surface area contributed by atoms with Gasteiger partial charge in [0.1, 0.15) is 11.5 Å². The molecule has 0 spiro atoms. The first-order chi connectivity index (χ1) is 15.3. The van der Waals surface area contributed by atoms with Gasteiger partial charge >= 0.3 is 0 Å². The summed E-state index contributed by atoms with van der Waals surface area (Å²) in [5, 5.41) is 1.81. The molecule has 9 nitrogen and oxygen atoms in total. The van der Waals surface area contributed by atoms with E-state index in [0.29, 0.717) is 35.2 Å². The van der Waals surface area contributed by atoms with Gasteiger partial charge in [0.25, 0.3) is 10.0 Å². The third-order valence-electron chi connectivity index (χ3n) is 5.30. The molecule has 0 bridgehead atoms. The van der Waals surface area contributed by atoms with E-state index in [9.17, 15) is 18.0 Å². The van der Waals surface area contributed by atoms with Crippen LogP contribution in [0, 0.1) is 0 Å². The first-order valence-corrected chi connectivity index (χ1v) is 12.3. The minimum Gasteiger partial charge on any atom is -0.497 e. The molecule has 2 N–H and O–H groups in total. The van der Waals surface area contributed by atoms with Crippen LogP contribution in [0.15, 0.2) is 46.2 Å². The van der Waals surface area contributed by atoms with E-state index in [-0.39, 0.29) is 16.5 Å². The second kappa shape index (κ2) is 8.91. The Morgan fingerprint density at radius 1 is 1.12 bits per heavy atom. The van der Waals surface area contributed by atoms with Gasteiger partial charge in [0.15, 0.2) is 5.25 Å². The molecular weight excluding hydrogens is 454 g/mol. The van der Waals surface area contributed by atoms with Crippen LogP contribution in [0.1, 0.15) is 12.8 Å². The number of methoxy groups -OCH3 is 2. The Kier molecular flexibility index (Phi) is 6.20. The number of sulfonamides is 1. The van der Waals surface area contributed by atoms with E-state index in [2.05, 4.69) is 10.0 Å². The van der Waals surface area contributed by atoms with Gasteiger partial charge in [-0.15, -0.1) is 11.8 Å². The van der Waals surface area contributed by atoms with E-state index in [4.69, 9.17) is 9.47 Å². The van der Waals surface area contributed by atoms with Crippen molar-refractivity contribution in [3.8, 4) is 11.5 Å². The van der Waals surface area contributed by atoms with Crippen LogP contribution in [0.3, 0.4) is 0 Å². The zero-order valence-electron chi connectivity index (χ0n) is 17.6. The van der Waals surface area contributed by atoms with Crippen molar-refractivity contribution in [2.24, 2.45) is 0 Å². The molecule has 2 heterocycles. The van der Waals surface area contributed by atoms with Crippen LogP contribution in [0.25, 0.3) is 0 Å². The van der Waals surface area contributed by atoms with Crippen molar-refractivity contribution in [2.45, 2.75) is 27.9 Å². The molecule has 4 rings (SSSR count). The van der Waals surface area contributed by atoms with Crippen LogP contribution in [-0.4, -0.2) is 57.7 Å². The zero-order chi connectivity index (χ0) is 22.9. The number of carbonyl (C=O) groups excluding carboxylic acids is 2. The molecule has 2 amide bonds. The number of thioether (sulfide) groups is 1. The Bertz CT molecular complexity index is 1160. The number of benzene rings is 2. The Morgan fingerprint density at radius 3 is 2.56 bits per heavy atom. The van der Waals surface area contributed by atoms with Crippen LogP contribution in [-0.2, 0) is 19.6 Å². The van der Waals surface area contributed by atoms with Crippen LogP contribution >= 0.6 is 11.8 Å². The molecule has 0 radical (unpaired) electrons. The van der Waals surface area contributed by atoms with E-state index in [1.165, 1.54) is 32.4 Å². The van der Waals surface area contributed by atoms with Gasteiger partial charge in [-0.05, 0) is 43.2 Å². The molecule has 32 heavy (non-hydrogen) atoms. The van der Waals surface area contributed by atoms with Gasteiger partial charge < -0.3 is 19.7 Å². The van der Waals surface area contributed by atoms with Crippen molar-refractivity contribution < 1.29 is 27.5 Å². The molecule has 1 atom stereocenters. The van der Waals surface area contributed by atoms with Gasteiger partial charge in [0.2, 0.25) is 11.8 Å². The number of fused-ring (bicyclic) bond motifs is 1. The van der Waals surface area contributed by atoms with Crippen molar-refractivity contribution in [3.05, 3.63) is 36.4 Å². The molecule has 2 aliphatic rings. The van der Waals surface area contributed by atoms with E-state index in [0.717, 1.165) is 24.6 Å². The number of rotatable bonds is 6. The lowest BCUT2D eigenvalue weighted by Crippen LogP contribution is -2.43. The molecule has 1 saturated heterocycles. The van der Waals surface area contributed by atoms with Gasteiger partial charge in [-0.3, -0.25) is 14.3 Å². The molecule has 0 unspecified atom stereocenters. The second-order valence-corrected chi connectivity index (χ2v) is 10.2. The van der Waals surface area contributed by atoms with Crippen molar-refractivity contribution in [3.63, 3.8) is 0 Å². The smallest absolute Gasteiger partial charge is 0.262 e. The van der Waals surface area contributed by atoms with E-state index in [1.54, 1.807) is 23.1 Å². The number of ether oxygens (including phenoxy) is 2. The third kappa shape index (κ3) is 4.35. The largest absolute Gasteiger partial charge is 0.497 e. The Morgan fingerprint density at radius 2 is 1.88 bits per heavy atom. The lowest BCUT2D eigenvalue weighted by atomic mass is 10.2. The fraction of sp³-hybridized carbons (Fsp3) is 0.333. The van der Waals surface area contributed by atoms with Crippen LogP contribution < -0.4 is 19.5 Å². The molecule has 2 aromatic carbocycles. The van der Waals surface area contributed by atoms with Crippen molar-refractivity contribution in [2.75, 3.05) is 37.3 Å². The summed E-state index contributed by atoms with van der Waals surface area (Å²) in [7, 11) is -1.07. The lowest BCUT2D eigenvalue weighted by molar-refractivity contribution is -0.133. The van der Waals surface area contributed by atoms with Gasteiger partial charge in [-0.1, -0.05) is 0 Å². The predicted octanol–water partition coefficient (Wildman–Crippen LogP) is 2.54. The molecule has 0 aromatic heterocycles. The Labute approximate surface area is 190 Å². The van der Waals surface area contributed by atoms with E-state index < -0.39 is 21.2 Å². The second-order valence-electron chi connectivity index (χ2n) is 7.35. The fourth-order valence-corrected chi connectivity index (χ4v) is 5.76. The topological polar surface area (TPSA) is 114 Å². The highest BCUT2D eigenvalue weighted by atomic mass is 32.2. The number of amides is 2. The minimum absolute atomic E-state index is 0.0358.